The molecule has 3 aromatic rings. The highest BCUT2D eigenvalue weighted by Gasteiger charge is 2.32. The molecule has 0 saturated carbocycles. The molecule has 1 aliphatic rings. The lowest BCUT2D eigenvalue weighted by molar-refractivity contribution is 0.0737. The third-order valence-electron chi connectivity index (χ3n) is 5.93. The predicted octanol–water partition coefficient (Wildman–Crippen LogP) is 2.14. The molecular formula is C27H28N4O4. The minimum absolute atomic E-state index is 0.191. The molecule has 180 valence electrons. The molecule has 1 saturated heterocycles. The van der Waals surface area contributed by atoms with Crippen LogP contribution < -0.4 is 4.74 Å². The molecule has 0 spiro atoms. The van der Waals surface area contributed by atoms with E-state index in [2.05, 4.69) is 22.9 Å². The molecule has 1 fully saturated rings. The molecule has 2 heterocycles. The van der Waals surface area contributed by atoms with Crippen molar-refractivity contribution in [2.75, 3.05) is 26.2 Å². The quantitative estimate of drug-likeness (QED) is 0.357. The van der Waals surface area contributed by atoms with Gasteiger partial charge in [0.05, 0.1) is 19.2 Å². The summed E-state index contributed by atoms with van der Waals surface area (Å²) in [6.07, 6.45) is 1.56. The average Bonchev–Trinajstić information content (AvgIpc) is 3.48. The molecule has 0 aliphatic carbocycles. The zero-order valence-corrected chi connectivity index (χ0v) is 19.5. The van der Waals surface area contributed by atoms with Gasteiger partial charge < -0.3 is 24.6 Å². The van der Waals surface area contributed by atoms with Gasteiger partial charge in [-0.15, -0.1) is 0 Å². The van der Waals surface area contributed by atoms with Gasteiger partial charge in [-0.2, -0.15) is 5.26 Å². The van der Waals surface area contributed by atoms with Crippen molar-refractivity contribution in [1.29, 1.82) is 5.26 Å². The van der Waals surface area contributed by atoms with Gasteiger partial charge in [-0.1, -0.05) is 36.1 Å². The fraction of sp³-hybridized carbons (Fsp3) is 0.333. The minimum atomic E-state index is -0.751. The summed E-state index contributed by atoms with van der Waals surface area (Å²) in [6, 6.07) is 17.1. The first kappa shape index (κ1) is 24.5. The first-order valence-corrected chi connectivity index (χ1v) is 11.5. The highest BCUT2D eigenvalue weighted by molar-refractivity contribution is 5.65. The van der Waals surface area contributed by atoms with Crippen LogP contribution in [0.1, 0.15) is 30.5 Å². The van der Waals surface area contributed by atoms with E-state index in [9.17, 15) is 15.3 Å². The molecule has 8 heteroatoms. The summed E-state index contributed by atoms with van der Waals surface area (Å²) in [5.74, 6) is 7.27. The van der Waals surface area contributed by atoms with Crippen LogP contribution in [0.2, 0.25) is 0 Å². The molecule has 35 heavy (non-hydrogen) atoms. The van der Waals surface area contributed by atoms with Crippen molar-refractivity contribution in [1.82, 2.24) is 14.5 Å². The van der Waals surface area contributed by atoms with E-state index in [1.54, 1.807) is 23.9 Å². The molecule has 2 aromatic carbocycles. The highest BCUT2D eigenvalue weighted by Crippen LogP contribution is 2.25. The van der Waals surface area contributed by atoms with Crippen molar-refractivity contribution in [3.05, 3.63) is 72.3 Å². The number of β-amino-alcohol motifs (C(OH)–C–C–N with tert-alkyl or cyclic N) is 1. The molecule has 4 rings (SSSR count). The van der Waals surface area contributed by atoms with E-state index in [0.29, 0.717) is 24.7 Å². The Morgan fingerprint density at radius 2 is 1.80 bits per heavy atom. The number of aromatic nitrogens is 2. The first-order valence-electron chi connectivity index (χ1n) is 11.5. The van der Waals surface area contributed by atoms with Gasteiger partial charge in [0.1, 0.15) is 35.9 Å². The van der Waals surface area contributed by atoms with Crippen molar-refractivity contribution < 1.29 is 20.1 Å². The number of nitrogens with zero attached hydrogens (tertiary/aromatic N) is 4. The number of ether oxygens (including phenoxy) is 1. The number of imidazole rings is 1. The Morgan fingerprint density at radius 1 is 1.11 bits per heavy atom. The largest absolute Gasteiger partial charge is 0.486 e. The summed E-state index contributed by atoms with van der Waals surface area (Å²) in [4.78, 5) is 6.01. The monoisotopic (exact) mass is 472 g/mol. The summed E-state index contributed by atoms with van der Waals surface area (Å²) in [5.41, 5.74) is 2.85. The zero-order valence-electron chi connectivity index (χ0n) is 19.5. The summed E-state index contributed by atoms with van der Waals surface area (Å²) in [7, 11) is 0. The molecule has 4 atom stereocenters. The SMILES string of the molecule is C[C@H](O)c1nccn1[C@@H](C#Cc1ccc(-c2ccc(O[C@@H]3CN(CC#N)C[C@H]3O)cc2)cc1)CO. The number of hydrogen-bond acceptors (Lipinski definition) is 7. The van der Waals surface area contributed by atoms with Crippen molar-refractivity contribution in [2.45, 2.75) is 31.3 Å². The third-order valence-corrected chi connectivity index (χ3v) is 5.93. The number of nitriles is 1. The summed E-state index contributed by atoms with van der Waals surface area (Å²) < 4.78 is 7.61. The lowest BCUT2D eigenvalue weighted by atomic mass is 10.0. The van der Waals surface area contributed by atoms with Gasteiger partial charge in [0.15, 0.2) is 0 Å². The van der Waals surface area contributed by atoms with Crippen LogP contribution >= 0.6 is 0 Å². The first-order chi connectivity index (χ1) is 17.0. The normalized spacial score (nSPS) is 19.4. The van der Waals surface area contributed by atoms with E-state index in [1.807, 2.05) is 53.4 Å². The van der Waals surface area contributed by atoms with Crippen LogP contribution in [0.15, 0.2) is 60.9 Å². The maximum absolute atomic E-state index is 10.2. The topological polar surface area (TPSA) is 115 Å². The Morgan fingerprint density at radius 3 is 2.43 bits per heavy atom. The Kier molecular flexibility index (Phi) is 7.81. The van der Waals surface area contributed by atoms with Crippen LogP contribution in [-0.4, -0.2) is 68.2 Å². The second kappa shape index (κ2) is 11.2. The van der Waals surface area contributed by atoms with Crippen molar-refractivity contribution in [3.8, 4) is 34.8 Å². The number of rotatable bonds is 7. The number of benzene rings is 2. The molecule has 0 unspecified atom stereocenters. The van der Waals surface area contributed by atoms with Gasteiger partial charge in [-0.25, -0.2) is 4.98 Å². The van der Waals surface area contributed by atoms with E-state index < -0.39 is 18.2 Å². The molecule has 0 bridgehead atoms. The Balaban J connectivity index is 1.40. The second-order valence-electron chi connectivity index (χ2n) is 8.51. The molecule has 0 radical (unpaired) electrons. The molecular weight excluding hydrogens is 444 g/mol. The standard InChI is InChI=1S/C27H28N4O4/c1-19(33)27-29-13-15-31(27)23(18-32)9-4-20-2-5-21(6-3-20)22-7-10-24(11-8-22)35-26-17-30(14-12-28)16-25(26)34/h2-3,5-8,10-11,13,15,19,23,25-26,32-34H,14,16-18H2,1H3/t19-,23-,25+,26+/m0/s1. The summed E-state index contributed by atoms with van der Waals surface area (Å²) >= 11 is 0. The van der Waals surface area contributed by atoms with Crippen molar-refractivity contribution >= 4 is 0 Å². The smallest absolute Gasteiger partial charge is 0.138 e. The molecule has 3 N–H and O–H groups in total. The van der Waals surface area contributed by atoms with Crippen molar-refractivity contribution in [2.24, 2.45) is 0 Å². The van der Waals surface area contributed by atoms with Crippen LogP contribution in [0.4, 0.5) is 0 Å². The maximum atomic E-state index is 10.2. The summed E-state index contributed by atoms with van der Waals surface area (Å²) in [6.45, 7) is 2.68. The van der Waals surface area contributed by atoms with Gasteiger partial charge in [-0.3, -0.25) is 4.90 Å². The van der Waals surface area contributed by atoms with E-state index in [-0.39, 0.29) is 19.3 Å². The molecule has 8 nitrogen and oxygen atoms in total. The predicted molar refractivity (Wildman–Crippen MR) is 130 cm³/mol. The summed E-state index contributed by atoms with van der Waals surface area (Å²) in [5, 5.41) is 38.6. The van der Waals surface area contributed by atoms with Crippen LogP contribution in [0, 0.1) is 23.2 Å². The molecule has 1 aliphatic heterocycles. The average molecular weight is 473 g/mol. The second-order valence-corrected chi connectivity index (χ2v) is 8.51. The third kappa shape index (κ3) is 5.89. The van der Waals surface area contributed by atoms with Crippen molar-refractivity contribution in [3.63, 3.8) is 0 Å². The number of aliphatic hydroxyl groups is 3. The van der Waals surface area contributed by atoms with E-state index >= 15 is 0 Å². The van der Waals surface area contributed by atoms with Crippen LogP contribution in [0.25, 0.3) is 11.1 Å². The molecule has 0 amide bonds. The number of aliphatic hydroxyl groups excluding tert-OH is 3. The van der Waals surface area contributed by atoms with Gasteiger partial charge in [-0.05, 0) is 42.3 Å². The lowest BCUT2D eigenvalue weighted by Gasteiger charge is -2.16. The van der Waals surface area contributed by atoms with E-state index in [1.165, 1.54) is 0 Å². The highest BCUT2D eigenvalue weighted by atomic mass is 16.5. The minimum Gasteiger partial charge on any atom is -0.486 e. The van der Waals surface area contributed by atoms with Gasteiger partial charge in [0.2, 0.25) is 0 Å². The fourth-order valence-corrected chi connectivity index (χ4v) is 4.11. The Labute approximate surface area is 204 Å². The maximum Gasteiger partial charge on any atom is 0.138 e. The lowest BCUT2D eigenvalue weighted by Crippen LogP contribution is -2.29. The number of likely N-dealkylation sites (tertiary alicyclic amines) is 1. The van der Waals surface area contributed by atoms with Crippen LogP contribution in [-0.2, 0) is 0 Å². The van der Waals surface area contributed by atoms with Crippen LogP contribution in [0.5, 0.6) is 5.75 Å². The van der Waals surface area contributed by atoms with E-state index in [4.69, 9.17) is 10.00 Å². The Hall–Kier alpha value is -3.66. The van der Waals surface area contributed by atoms with Gasteiger partial charge >= 0.3 is 0 Å². The zero-order chi connectivity index (χ0) is 24.8. The van der Waals surface area contributed by atoms with Crippen LogP contribution in [0.3, 0.4) is 0 Å². The molecule has 1 aromatic heterocycles. The van der Waals surface area contributed by atoms with Gasteiger partial charge in [0.25, 0.3) is 0 Å². The van der Waals surface area contributed by atoms with Gasteiger partial charge in [0, 0.05) is 31.0 Å². The fourth-order valence-electron chi connectivity index (χ4n) is 4.11. The Bertz CT molecular complexity index is 1220. The van der Waals surface area contributed by atoms with E-state index in [0.717, 1.165) is 16.7 Å². The number of hydrogen-bond donors (Lipinski definition) is 3.